The van der Waals surface area contributed by atoms with Gasteiger partial charge in [-0.1, -0.05) is 0 Å². The molecule has 7 nitrogen and oxygen atoms in total. The Kier molecular flexibility index (Phi) is 3.42. The molecule has 4 rings (SSSR count). The summed E-state index contributed by atoms with van der Waals surface area (Å²) in [6.45, 7) is 1.89. The molecular formula is C18H17N5O2. The van der Waals surface area contributed by atoms with Crippen LogP contribution in [0.3, 0.4) is 0 Å². The Morgan fingerprint density at radius 3 is 2.36 bits per heavy atom. The van der Waals surface area contributed by atoms with Gasteiger partial charge in [0.1, 0.15) is 11.6 Å². The molecule has 3 heterocycles. The molecule has 0 saturated carbocycles. The first-order valence-corrected chi connectivity index (χ1v) is 7.73. The predicted octanol–water partition coefficient (Wildman–Crippen LogP) is 3.08. The molecule has 1 aromatic carbocycles. The highest BCUT2D eigenvalue weighted by Gasteiger charge is 2.13. The third-order valence-corrected chi connectivity index (χ3v) is 4.19. The minimum atomic E-state index is 0.420. The molecule has 0 bridgehead atoms. The lowest BCUT2D eigenvalue weighted by atomic mass is 10.1. The Balaban J connectivity index is 2.06. The number of methoxy groups -OCH3 is 2. The second kappa shape index (κ2) is 5.62. The first kappa shape index (κ1) is 15.2. The van der Waals surface area contributed by atoms with E-state index in [4.69, 9.17) is 15.2 Å². The van der Waals surface area contributed by atoms with Gasteiger partial charge in [-0.15, -0.1) is 0 Å². The molecule has 3 N–H and O–H groups in total. The maximum atomic E-state index is 6.18. The fourth-order valence-electron chi connectivity index (χ4n) is 2.95. The van der Waals surface area contributed by atoms with Crippen LogP contribution in [0.2, 0.25) is 0 Å². The number of nitrogens with one attached hydrogen (secondary N) is 1. The molecule has 4 aromatic rings. The quantitative estimate of drug-likeness (QED) is 0.558. The maximum absolute atomic E-state index is 6.18. The monoisotopic (exact) mass is 335 g/mol. The summed E-state index contributed by atoms with van der Waals surface area (Å²) in [5.74, 6) is 2.51. The van der Waals surface area contributed by atoms with Gasteiger partial charge in [0, 0.05) is 23.0 Å². The number of H-pyrrole nitrogens is 1. The lowest BCUT2D eigenvalue weighted by molar-refractivity contribution is 0.356. The van der Waals surface area contributed by atoms with Crippen LogP contribution in [0.4, 0.5) is 5.82 Å². The summed E-state index contributed by atoms with van der Waals surface area (Å²) < 4.78 is 10.8. The number of aromatic nitrogens is 4. The van der Waals surface area contributed by atoms with Crippen molar-refractivity contribution >= 4 is 27.5 Å². The van der Waals surface area contributed by atoms with Gasteiger partial charge in [-0.3, -0.25) is 4.98 Å². The fraction of sp³-hybridized carbons (Fsp3) is 0.167. The molecule has 0 spiro atoms. The zero-order valence-corrected chi connectivity index (χ0v) is 14.1. The van der Waals surface area contributed by atoms with Crippen molar-refractivity contribution in [2.24, 2.45) is 0 Å². The van der Waals surface area contributed by atoms with Crippen molar-refractivity contribution < 1.29 is 9.47 Å². The van der Waals surface area contributed by atoms with E-state index in [0.29, 0.717) is 17.3 Å². The minimum Gasteiger partial charge on any atom is -0.493 e. The average molecular weight is 335 g/mol. The third-order valence-electron chi connectivity index (χ3n) is 4.19. The third kappa shape index (κ3) is 2.40. The van der Waals surface area contributed by atoms with Crippen molar-refractivity contribution in [1.82, 2.24) is 19.9 Å². The topological polar surface area (TPSA) is 98.9 Å². The Morgan fingerprint density at radius 1 is 0.920 bits per heavy atom. The van der Waals surface area contributed by atoms with Gasteiger partial charge < -0.3 is 20.2 Å². The second-order valence-corrected chi connectivity index (χ2v) is 5.72. The molecule has 25 heavy (non-hydrogen) atoms. The standard InChI is InChI=1S/C18H17N5O2/c1-9-20-8-15(22-9)14-4-10-11-5-16(24-2)17(25-3)6-13(11)21-7-12(10)18(19)23-14/h4-8H,1-3H3,(H2,19,23)(H,20,22). The zero-order valence-electron chi connectivity index (χ0n) is 14.1. The first-order chi connectivity index (χ1) is 12.1. The molecule has 0 saturated heterocycles. The van der Waals surface area contributed by atoms with Gasteiger partial charge in [0.25, 0.3) is 0 Å². The summed E-state index contributed by atoms with van der Waals surface area (Å²) in [6, 6.07) is 5.74. The molecule has 126 valence electrons. The number of ether oxygens (including phenoxy) is 2. The van der Waals surface area contributed by atoms with E-state index in [1.165, 1.54) is 0 Å². The lowest BCUT2D eigenvalue weighted by Gasteiger charge is -2.11. The minimum absolute atomic E-state index is 0.420. The molecule has 0 fully saturated rings. The smallest absolute Gasteiger partial charge is 0.162 e. The zero-order chi connectivity index (χ0) is 17.6. The van der Waals surface area contributed by atoms with E-state index in [1.54, 1.807) is 26.6 Å². The number of benzene rings is 1. The number of aromatic amines is 1. The van der Waals surface area contributed by atoms with Crippen molar-refractivity contribution in [1.29, 1.82) is 0 Å². The summed E-state index contributed by atoms with van der Waals surface area (Å²) >= 11 is 0. The van der Waals surface area contributed by atoms with E-state index in [2.05, 4.69) is 19.9 Å². The number of nitrogen functional groups attached to an aromatic ring is 1. The van der Waals surface area contributed by atoms with Gasteiger partial charge >= 0.3 is 0 Å². The number of fused-ring (bicyclic) bond motifs is 3. The van der Waals surface area contributed by atoms with Crippen molar-refractivity contribution in [3.8, 4) is 22.9 Å². The number of nitrogens with two attached hydrogens (primary N) is 1. The van der Waals surface area contributed by atoms with Gasteiger partial charge in [-0.25, -0.2) is 9.97 Å². The van der Waals surface area contributed by atoms with Crippen LogP contribution >= 0.6 is 0 Å². The predicted molar refractivity (Wildman–Crippen MR) is 96.9 cm³/mol. The number of imidazole rings is 1. The highest BCUT2D eigenvalue weighted by Crippen LogP contribution is 2.36. The van der Waals surface area contributed by atoms with Crippen LogP contribution in [0.15, 0.2) is 30.6 Å². The van der Waals surface area contributed by atoms with Crippen molar-refractivity contribution in [3.05, 3.63) is 36.4 Å². The molecule has 0 radical (unpaired) electrons. The normalized spacial score (nSPS) is 11.2. The van der Waals surface area contributed by atoms with E-state index in [-0.39, 0.29) is 0 Å². The number of pyridine rings is 2. The average Bonchev–Trinajstić information content (AvgIpc) is 3.06. The molecule has 0 aliphatic heterocycles. The van der Waals surface area contributed by atoms with Gasteiger partial charge in [-0.05, 0) is 24.4 Å². The summed E-state index contributed by atoms with van der Waals surface area (Å²) in [5, 5.41) is 2.65. The Morgan fingerprint density at radius 2 is 1.68 bits per heavy atom. The van der Waals surface area contributed by atoms with E-state index in [9.17, 15) is 0 Å². The second-order valence-electron chi connectivity index (χ2n) is 5.72. The lowest BCUT2D eigenvalue weighted by Crippen LogP contribution is -1.97. The number of nitrogens with zero attached hydrogens (tertiary/aromatic N) is 3. The van der Waals surface area contributed by atoms with Crippen LogP contribution < -0.4 is 15.2 Å². The Labute approximate surface area is 143 Å². The number of hydrogen-bond acceptors (Lipinski definition) is 6. The Hall–Kier alpha value is -3.35. The summed E-state index contributed by atoms with van der Waals surface area (Å²) in [4.78, 5) is 16.4. The van der Waals surface area contributed by atoms with Crippen molar-refractivity contribution in [2.75, 3.05) is 20.0 Å². The highest BCUT2D eigenvalue weighted by atomic mass is 16.5. The SMILES string of the molecule is COc1cc2ncc3c(N)nc(-c4cnc(C)[nH]4)cc3c2cc1OC. The largest absolute Gasteiger partial charge is 0.493 e. The number of hydrogen-bond donors (Lipinski definition) is 2. The molecule has 3 aromatic heterocycles. The van der Waals surface area contributed by atoms with Gasteiger partial charge in [0.15, 0.2) is 11.5 Å². The summed E-state index contributed by atoms with van der Waals surface area (Å²) in [7, 11) is 3.21. The molecule has 7 heteroatoms. The van der Waals surface area contributed by atoms with Gasteiger partial charge in [0.05, 0.1) is 37.3 Å². The van der Waals surface area contributed by atoms with Crippen LogP contribution in [-0.2, 0) is 0 Å². The number of anilines is 1. The fourth-order valence-corrected chi connectivity index (χ4v) is 2.95. The highest BCUT2D eigenvalue weighted by molar-refractivity contribution is 6.10. The van der Waals surface area contributed by atoms with Crippen LogP contribution in [0.1, 0.15) is 5.82 Å². The molecule has 0 aliphatic rings. The van der Waals surface area contributed by atoms with E-state index in [0.717, 1.165) is 38.9 Å². The van der Waals surface area contributed by atoms with Crippen LogP contribution in [0.25, 0.3) is 33.1 Å². The number of rotatable bonds is 3. The van der Waals surface area contributed by atoms with E-state index in [1.807, 2.05) is 25.1 Å². The molecule has 0 unspecified atom stereocenters. The molecule has 0 atom stereocenters. The Bertz CT molecular complexity index is 1100. The van der Waals surface area contributed by atoms with Crippen molar-refractivity contribution in [3.63, 3.8) is 0 Å². The van der Waals surface area contributed by atoms with Crippen LogP contribution in [-0.4, -0.2) is 34.2 Å². The summed E-state index contributed by atoms with van der Waals surface area (Å²) in [6.07, 6.45) is 3.48. The maximum Gasteiger partial charge on any atom is 0.162 e. The van der Waals surface area contributed by atoms with Gasteiger partial charge in [-0.2, -0.15) is 0 Å². The first-order valence-electron chi connectivity index (χ1n) is 7.73. The van der Waals surface area contributed by atoms with Crippen molar-refractivity contribution in [2.45, 2.75) is 6.92 Å². The van der Waals surface area contributed by atoms with E-state index >= 15 is 0 Å². The molecule has 0 aliphatic carbocycles. The number of aryl methyl sites for hydroxylation is 1. The van der Waals surface area contributed by atoms with Crippen LogP contribution in [0, 0.1) is 6.92 Å². The molecular weight excluding hydrogens is 318 g/mol. The molecule has 0 amide bonds. The van der Waals surface area contributed by atoms with E-state index < -0.39 is 0 Å². The van der Waals surface area contributed by atoms with Gasteiger partial charge in [0.2, 0.25) is 0 Å². The summed E-state index contributed by atoms with van der Waals surface area (Å²) in [5.41, 5.74) is 8.52. The van der Waals surface area contributed by atoms with Crippen LogP contribution in [0.5, 0.6) is 11.5 Å².